The van der Waals surface area contributed by atoms with Crippen molar-refractivity contribution < 1.29 is 13.2 Å². The standard InChI is InChI=1S/C15H13NO3S2/c1-19-13-6-4-5-12(11-13)14-7-8-15(20-14)21(17,18)16-9-2-3-10-16/h2-11H,1H3. The number of hydrogen-bond donors (Lipinski definition) is 0. The van der Waals surface area contributed by atoms with Gasteiger partial charge in [0.05, 0.1) is 7.11 Å². The number of ether oxygens (including phenoxy) is 1. The highest BCUT2D eigenvalue weighted by Crippen LogP contribution is 2.33. The molecule has 2 aromatic heterocycles. The van der Waals surface area contributed by atoms with E-state index in [9.17, 15) is 8.42 Å². The van der Waals surface area contributed by atoms with Gasteiger partial charge < -0.3 is 4.74 Å². The minimum atomic E-state index is -3.49. The second kappa shape index (κ2) is 5.38. The Morgan fingerprint density at radius 2 is 1.81 bits per heavy atom. The van der Waals surface area contributed by atoms with Gasteiger partial charge in [-0.2, -0.15) is 8.42 Å². The number of methoxy groups -OCH3 is 1. The first kappa shape index (κ1) is 13.9. The van der Waals surface area contributed by atoms with Gasteiger partial charge in [-0.1, -0.05) is 12.1 Å². The molecule has 108 valence electrons. The predicted octanol–water partition coefficient (Wildman–Crippen LogP) is 3.46. The second-order valence-corrected chi connectivity index (χ2v) is 7.52. The summed E-state index contributed by atoms with van der Waals surface area (Å²) in [7, 11) is -1.89. The van der Waals surface area contributed by atoms with Crippen LogP contribution in [-0.2, 0) is 10.0 Å². The highest BCUT2D eigenvalue weighted by molar-refractivity contribution is 7.92. The van der Waals surface area contributed by atoms with E-state index in [1.54, 1.807) is 25.3 Å². The Morgan fingerprint density at radius 1 is 1.05 bits per heavy atom. The lowest BCUT2D eigenvalue weighted by atomic mass is 10.2. The lowest BCUT2D eigenvalue weighted by Gasteiger charge is -2.03. The summed E-state index contributed by atoms with van der Waals surface area (Å²) in [6, 6.07) is 14.4. The van der Waals surface area contributed by atoms with Crippen molar-refractivity contribution in [3.05, 3.63) is 60.9 Å². The Morgan fingerprint density at radius 3 is 2.52 bits per heavy atom. The number of benzene rings is 1. The molecule has 3 rings (SSSR count). The molecule has 0 radical (unpaired) electrons. The molecule has 0 saturated carbocycles. The molecule has 0 N–H and O–H groups in total. The van der Waals surface area contributed by atoms with Crippen LogP contribution in [0.1, 0.15) is 0 Å². The Kier molecular flexibility index (Phi) is 3.57. The molecule has 21 heavy (non-hydrogen) atoms. The zero-order valence-corrected chi connectivity index (χ0v) is 12.9. The van der Waals surface area contributed by atoms with Crippen LogP contribution in [0.4, 0.5) is 0 Å². The summed E-state index contributed by atoms with van der Waals surface area (Å²) in [5.74, 6) is 0.746. The summed E-state index contributed by atoms with van der Waals surface area (Å²) < 4.78 is 31.5. The second-order valence-electron chi connectivity index (χ2n) is 4.37. The topological polar surface area (TPSA) is 48.3 Å². The van der Waals surface area contributed by atoms with Gasteiger partial charge in [-0.25, -0.2) is 3.97 Å². The van der Waals surface area contributed by atoms with Crippen molar-refractivity contribution in [2.45, 2.75) is 4.21 Å². The average Bonchev–Trinajstić information content (AvgIpc) is 3.19. The summed E-state index contributed by atoms with van der Waals surface area (Å²) in [6.07, 6.45) is 3.06. The zero-order chi connectivity index (χ0) is 14.9. The molecule has 1 aromatic carbocycles. The monoisotopic (exact) mass is 319 g/mol. The zero-order valence-electron chi connectivity index (χ0n) is 11.3. The highest BCUT2D eigenvalue weighted by Gasteiger charge is 2.18. The van der Waals surface area contributed by atoms with Crippen LogP contribution < -0.4 is 4.74 Å². The van der Waals surface area contributed by atoms with E-state index < -0.39 is 10.0 Å². The van der Waals surface area contributed by atoms with Crippen LogP contribution in [0.5, 0.6) is 5.75 Å². The van der Waals surface area contributed by atoms with E-state index in [0.717, 1.165) is 16.2 Å². The first-order chi connectivity index (χ1) is 10.1. The fourth-order valence-electron chi connectivity index (χ4n) is 1.97. The van der Waals surface area contributed by atoms with E-state index in [2.05, 4.69) is 0 Å². The van der Waals surface area contributed by atoms with Crippen LogP contribution in [0, 0.1) is 0 Å². The van der Waals surface area contributed by atoms with Crippen molar-refractivity contribution in [2.24, 2.45) is 0 Å². The number of hydrogen-bond acceptors (Lipinski definition) is 4. The first-order valence-corrected chi connectivity index (χ1v) is 8.50. The summed E-state index contributed by atoms with van der Waals surface area (Å²) in [6.45, 7) is 0. The lowest BCUT2D eigenvalue weighted by molar-refractivity contribution is 0.415. The molecule has 6 heteroatoms. The lowest BCUT2D eigenvalue weighted by Crippen LogP contribution is -2.08. The van der Waals surface area contributed by atoms with E-state index in [0.29, 0.717) is 4.21 Å². The van der Waals surface area contributed by atoms with Crippen LogP contribution in [0.2, 0.25) is 0 Å². The van der Waals surface area contributed by atoms with E-state index in [4.69, 9.17) is 4.74 Å². The molecule has 0 bridgehead atoms. The van der Waals surface area contributed by atoms with Crippen LogP contribution in [0.3, 0.4) is 0 Å². The van der Waals surface area contributed by atoms with Crippen molar-refractivity contribution in [2.75, 3.05) is 7.11 Å². The number of thiophene rings is 1. The number of rotatable bonds is 4. The van der Waals surface area contributed by atoms with E-state index in [1.807, 2.05) is 30.3 Å². The SMILES string of the molecule is COc1cccc(-c2ccc(S(=O)(=O)n3cccc3)s2)c1. The van der Waals surface area contributed by atoms with Gasteiger partial charge in [0.15, 0.2) is 0 Å². The fourth-order valence-corrected chi connectivity index (χ4v) is 4.56. The molecule has 0 saturated heterocycles. The van der Waals surface area contributed by atoms with Crippen molar-refractivity contribution in [1.29, 1.82) is 0 Å². The first-order valence-electron chi connectivity index (χ1n) is 6.24. The summed E-state index contributed by atoms with van der Waals surface area (Å²) >= 11 is 1.25. The van der Waals surface area contributed by atoms with Gasteiger partial charge in [-0.05, 0) is 42.0 Å². The Hall–Kier alpha value is -2.05. The average molecular weight is 319 g/mol. The smallest absolute Gasteiger partial charge is 0.277 e. The van der Waals surface area contributed by atoms with Gasteiger partial charge in [0.2, 0.25) is 0 Å². The molecular weight excluding hydrogens is 306 g/mol. The van der Waals surface area contributed by atoms with Crippen LogP contribution in [-0.4, -0.2) is 19.5 Å². The molecule has 0 amide bonds. The summed E-state index contributed by atoms with van der Waals surface area (Å²) in [5.41, 5.74) is 0.938. The normalized spacial score (nSPS) is 11.5. The third kappa shape index (κ3) is 2.59. The van der Waals surface area contributed by atoms with Crippen molar-refractivity contribution in [3.63, 3.8) is 0 Å². The maximum atomic E-state index is 12.4. The van der Waals surface area contributed by atoms with Crippen molar-refractivity contribution in [3.8, 4) is 16.2 Å². The van der Waals surface area contributed by atoms with E-state index in [1.165, 1.54) is 27.7 Å². The fraction of sp³-hybridized carbons (Fsp3) is 0.0667. The Balaban J connectivity index is 2.00. The predicted molar refractivity (Wildman–Crippen MR) is 83.3 cm³/mol. The third-order valence-electron chi connectivity index (χ3n) is 3.04. The summed E-state index contributed by atoms with van der Waals surface area (Å²) in [4.78, 5) is 0.889. The van der Waals surface area contributed by atoms with Gasteiger partial charge in [-0.3, -0.25) is 0 Å². The maximum absolute atomic E-state index is 12.4. The maximum Gasteiger partial charge on any atom is 0.277 e. The minimum absolute atomic E-state index is 0.316. The molecule has 0 spiro atoms. The molecule has 0 fully saturated rings. The molecule has 2 heterocycles. The van der Waals surface area contributed by atoms with Gasteiger partial charge >= 0.3 is 0 Å². The Labute approximate surface area is 127 Å². The molecule has 0 aliphatic rings. The molecular formula is C15H13NO3S2. The van der Waals surface area contributed by atoms with Crippen molar-refractivity contribution >= 4 is 21.4 Å². The molecule has 0 unspecified atom stereocenters. The van der Waals surface area contributed by atoms with Gasteiger partial charge in [-0.15, -0.1) is 11.3 Å². The van der Waals surface area contributed by atoms with Crippen LogP contribution >= 0.6 is 11.3 Å². The van der Waals surface area contributed by atoms with Crippen molar-refractivity contribution in [1.82, 2.24) is 3.97 Å². The molecule has 4 nitrogen and oxygen atoms in total. The van der Waals surface area contributed by atoms with E-state index >= 15 is 0 Å². The largest absolute Gasteiger partial charge is 0.497 e. The molecule has 0 aliphatic carbocycles. The Bertz CT molecular complexity index is 849. The quantitative estimate of drug-likeness (QED) is 0.740. The van der Waals surface area contributed by atoms with Crippen LogP contribution in [0.15, 0.2) is 65.1 Å². The minimum Gasteiger partial charge on any atom is -0.497 e. The third-order valence-corrected chi connectivity index (χ3v) is 6.30. The number of nitrogens with zero attached hydrogens (tertiary/aromatic N) is 1. The van der Waals surface area contributed by atoms with Gasteiger partial charge in [0.1, 0.15) is 9.96 Å². The summed E-state index contributed by atoms with van der Waals surface area (Å²) in [5, 5.41) is 0. The highest BCUT2D eigenvalue weighted by atomic mass is 32.2. The molecule has 3 aromatic rings. The molecule has 0 atom stereocenters. The van der Waals surface area contributed by atoms with Gasteiger partial charge in [0.25, 0.3) is 10.0 Å². The van der Waals surface area contributed by atoms with Crippen LogP contribution in [0.25, 0.3) is 10.4 Å². The van der Waals surface area contributed by atoms with Gasteiger partial charge in [0, 0.05) is 17.3 Å². The molecule has 0 aliphatic heterocycles. The van der Waals surface area contributed by atoms with E-state index in [-0.39, 0.29) is 0 Å². The number of aromatic nitrogens is 1.